The summed E-state index contributed by atoms with van der Waals surface area (Å²) in [5.74, 6) is -0.824. The molecule has 0 spiro atoms. The van der Waals surface area contributed by atoms with Gasteiger partial charge in [0.1, 0.15) is 6.04 Å². The molecule has 15 heavy (non-hydrogen) atoms. The summed E-state index contributed by atoms with van der Waals surface area (Å²) >= 11 is 0. The van der Waals surface area contributed by atoms with Crippen LogP contribution < -0.4 is 5.73 Å². The molecule has 1 aliphatic rings. The summed E-state index contributed by atoms with van der Waals surface area (Å²) in [6, 6.07) is -0.859. The van der Waals surface area contributed by atoms with Crippen molar-refractivity contribution in [2.75, 3.05) is 12.9 Å². The number of carbonyl (C=O) groups is 1. The summed E-state index contributed by atoms with van der Waals surface area (Å²) in [5.41, 5.74) is 5.69. The van der Waals surface area contributed by atoms with Gasteiger partial charge in [0.25, 0.3) is 0 Å². The first-order valence-corrected chi connectivity index (χ1v) is 6.45. The predicted octanol–water partition coefficient (Wildman–Crippen LogP) is -0.300. The fourth-order valence-electron chi connectivity index (χ4n) is 2.04. The van der Waals surface area contributed by atoms with Gasteiger partial charge in [-0.25, -0.2) is 8.42 Å². The molecule has 2 N–H and O–H groups in total. The monoisotopic (exact) mass is 235 g/mol. The number of methoxy groups -OCH3 is 1. The number of sulfone groups is 1. The summed E-state index contributed by atoms with van der Waals surface area (Å²) in [7, 11) is -1.90. The highest BCUT2D eigenvalue weighted by Crippen LogP contribution is 2.38. The molecule has 0 aromatic rings. The Hall–Kier alpha value is -0.620. The van der Waals surface area contributed by atoms with Gasteiger partial charge in [-0.3, -0.25) is 4.79 Å². The van der Waals surface area contributed by atoms with Gasteiger partial charge in [-0.15, -0.1) is 0 Å². The number of rotatable bonds is 2. The van der Waals surface area contributed by atoms with Crippen LogP contribution in [0.15, 0.2) is 0 Å². The molecule has 0 aromatic heterocycles. The van der Waals surface area contributed by atoms with Crippen LogP contribution in [0.5, 0.6) is 0 Å². The summed E-state index contributed by atoms with van der Waals surface area (Å²) < 4.78 is 27.0. The molecule has 2 unspecified atom stereocenters. The van der Waals surface area contributed by atoms with Crippen molar-refractivity contribution in [3.05, 3.63) is 0 Å². The van der Waals surface area contributed by atoms with Crippen molar-refractivity contribution in [1.82, 2.24) is 0 Å². The molecule has 1 aliphatic heterocycles. The van der Waals surface area contributed by atoms with Crippen molar-refractivity contribution in [2.24, 2.45) is 11.7 Å². The zero-order chi connectivity index (χ0) is 11.9. The number of hydrogen-bond donors (Lipinski definition) is 1. The Morgan fingerprint density at radius 3 is 2.40 bits per heavy atom. The minimum absolute atomic E-state index is 0.0926. The summed E-state index contributed by atoms with van der Waals surface area (Å²) in [6.45, 7) is 3.23. The Labute approximate surface area is 89.9 Å². The van der Waals surface area contributed by atoms with Crippen molar-refractivity contribution in [2.45, 2.75) is 31.1 Å². The topological polar surface area (TPSA) is 86.5 Å². The molecular weight excluding hydrogens is 218 g/mol. The van der Waals surface area contributed by atoms with E-state index in [9.17, 15) is 13.2 Å². The maximum absolute atomic E-state index is 11.7. The molecular formula is C9H17NO4S. The quantitative estimate of drug-likeness (QED) is 0.664. The van der Waals surface area contributed by atoms with Gasteiger partial charge in [0.15, 0.2) is 9.84 Å². The number of carbonyl (C=O) groups excluding carboxylic acids is 1. The van der Waals surface area contributed by atoms with E-state index in [0.29, 0.717) is 6.42 Å². The zero-order valence-electron chi connectivity index (χ0n) is 9.19. The second-order valence-electron chi connectivity index (χ2n) is 4.37. The molecule has 88 valence electrons. The molecule has 0 radical (unpaired) electrons. The third kappa shape index (κ3) is 1.88. The predicted molar refractivity (Wildman–Crippen MR) is 56.0 cm³/mol. The Balaban J connectivity index is 2.96. The van der Waals surface area contributed by atoms with E-state index in [0.717, 1.165) is 0 Å². The molecule has 1 saturated heterocycles. The SMILES string of the molecule is COC(=O)C(N)C1CCS(=O)(=O)C1(C)C. The zero-order valence-corrected chi connectivity index (χ0v) is 10.0. The molecule has 1 rings (SSSR count). The lowest BCUT2D eigenvalue weighted by molar-refractivity contribution is -0.143. The normalized spacial score (nSPS) is 29.7. The third-order valence-electron chi connectivity index (χ3n) is 3.30. The van der Waals surface area contributed by atoms with Crippen LogP contribution in [-0.2, 0) is 19.4 Å². The number of nitrogens with two attached hydrogens (primary N) is 1. The Morgan fingerprint density at radius 2 is 2.07 bits per heavy atom. The van der Waals surface area contributed by atoms with Crippen LogP contribution in [0.25, 0.3) is 0 Å². The third-order valence-corrected chi connectivity index (χ3v) is 5.98. The van der Waals surface area contributed by atoms with Gasteiger partial charge < -0.3 is 10.5 Å². The van der Waals surface area contributed by atoms with E-state index in [1.807, 2.05) is 0 Å². The number of hydrogen-bond acceptors (Lipinski definition) is 5. The van der Waals surface area contributed by atoms with Crippen LogP contribution in [0.2, 0.25) is 0 Å². The molecule has 0 amide bonds. The van der Waals surface area contributed by atoms with Gasteiger partial charge >= 0.3 is 5.97 Å². The molecule has 0 aromatic carbocycles. The molecule has 1 fully saturated rings. The van der Waals surface area contributed by atoms with Crippen LogP contribution in [0.4, 0.5) is 0 Å². The van der Waals surface area contributed by atoms with Gasteiger partial charge in [-0.05, 0) is 20.3 Å². The summed E-state index contributed by atoms with van der Waals surface area (Å²) in [4.78, 5) is 11.3. The van der Waals surface area contributed by atoms with E-state index in [2.05, 4.69) is 4.74 Å². The van der Waals surface area contributed by atoms with E-state index in [1.54, 1.807) is 13.8 Å². The van der Waals surface area contributed by atoms with E-state index in [1.165, 1.54) is 7.11 Å². The first-order chi connectivity index (χ1) is 6.74. The molecule has 0 aliphatic carbocycles. The highest BCUT2D eigenvalue weighted by Gasteiger charge is 2.51. The lowest BCUT2D eigenvalue weighted by Gasteiger charge is -2.28. The Bertz CT molecular complexity index is 360. The fraction of sp³-hybridized carbons (Fsp3) is 0.889. The fourth-order valence-corrected chi connectivity index (χ4v) is 3.85. The molecule has 2 atom stereocenters. The summed E-state index contributed by atoms with van der Waals surface area (Å²) in [6.07, 6.45) is 0.422. The van der Waals surface area contributed by atoms with E-state index >= 15 is 0 Å². The smallest absolute Gasteiger partial charge is 0.322 e. The average molecular weight is 235 g/mol. The Morgan fingerprint density at radius 1 is 1.53 bits per heavy atom. The average Bonchev–Trinajstić information content (AvgIpc) is 2.35. The van der Waals surface area contributed by atoms with Crippen LogP contribution in [-0.4, -0.2) is 38.0 Å². The van der Waals surface area contributed by atoms with Crippen LogP contribution >= 0.6 is 0 Å². The van der Waals surface area contributed by atoms with Gasteiger partial charge in [0, 0.05) is 5.92 Å². The molecule has 6 heteroatoms. The van der Waals surface area contributed by atoms with Crippen molar-refractivity contribution in [3.63, 3.8) is 0 Å². The van der Waals surface area contributed by atoms with Crippen molar-refractivity contribution in [1.29, 1.82) is 0 Å². The highest BCUT2D eigenvalue weighted by atomic mass is 32.2. The summed E-state index contributed by atoms with van der Waals surface area (Å²) in [5, 5.41) is 0. The minimum Gasteiger partial charge on any atom is -0.468 e. The molecule has 1 heterocycles. The maximum Gasteiger partial charge on any atom is 0.322 e. The first-order valence-electron chi connectivity index (χ1n) is 4.79. The van der Waals surface area contributed by atoms with Crippen LogP contribution in [0.3, 0.4) is 0 Å². The molecule has 0 saturated carbocycles. The Kier molecular flexibility index (Phi) is 3.11. The largest absolute Gasteiger partial charge is 0.468 e. The van der Waals surface area contributed by atoms with Crippen molar-refractivity contribution < 1.29 is 17.9 Å². The van der Waals surface area contributed by atoms with Crippen LogP contribution in [0.1, 0.15) is 20.3 Å². The lowest BCUT2D eigenvalue weighted by atomic mass is 9.86. The minimum atomic E-state index is -3.15. The van der Waals surface area contributed by atoms with Crippen molar-refractivity contribution >= 4 is 15.8 Å². The molecule has 0 bridgehead atoms. The van der Waals surface area contributed by atoms with E-state index in [-0.39, 0.29) is 11.7 Å². The second kappa shape index (κ2) is 3.75. The van der Waals surface area contributed by atoms with Gasteiger partial charge in [0.05, 0.1) is 17.6 Å². The standard InChI is InChI=1S/C9H17NO4S/c1-9(2)6(4-5-15(9,12)13)7(10)8(11)14-3/h6-7H,4-5,10H2,1-3H3. The van der Waals surface area contributed by atoms with Crippen molar-refractivity contribution in [3.8, 4) is 0 Å². The van der Waals surface area contributed by atoms with Crippen LogP contribution in [0, 0.1) is 5.92 Å². The van der Waals surface area contributed by atoms with E-state index in [4.69, 9.17) is 5.73 Å². The lowest BCUT2D eigenvalue weighted by Crippen LogP contribution is -2.48. The first kappa shape index (κ1) is 12.4. The van der Waals surface area contributed by atoms with Gasteiger partial charge in [-0.1, -0.05) is 0 Å². The maximum atomic E-state index is 11.7. The van der Waals surface area contributed by atoms with Gasteiger partial charge in [0.2, 0.25) is 0 Å². The van der Waals surface area contributed by atoms with Gasteiger partial charge in [-0.2, -0.15) is 0 Å². The molecule has 5 nitrogen and oxygen atoms in total. The number of esters is 1. The number of ether oxygens (including phenoxy) is 1. The second-order valence-corrected chi connectivity index (χ2v) is 7.06. The highest BCUT2D eigenvalue weighted by molar-refractivity contribution is 7.93. The van der Waals surface area contributed by atoms with E-state index < -0.39 is 26.6 Å².